The summed E-state index contributed by atoms with van der Waals surface area (Å²) in [5, 5.41) is 4.13. The number of rotatable bonds is 4. The molecule has 112 valence electrons. The lowest BCUT2D eigenvalue weighted by atomic mass is 10.1. The van der Waals surface area contributed by atoms with Crippen molar-refractivity contribution >= 4 is 45.6 Å². The van der Waals surface area contributed by atoms with Gasteiger partial charge in [-0.2, -0.15) is 0 Å². The maximum absolute atomic E-state index is 12.3. The van der Waals surface area contributed by atoms with E-state index < -0.39 is 5.60 Å². The number of halogens is 2. The number of carbonyl (C=O) groups is 1. The summed E-state index contributed by atoms with van der Waals surface area (Å²) >= 11 is 13.3. The van der Waals surface area contributed by atoms with Gasteiger partial charge in [0.25, 0.3) is 5.91 Å². The highest BCUT2D eigenvalue weighted by Gasteiger charge is 2.31. The Morgan fingerprint density at radius 3 is 2.67 bits per heavy atom. The Kier molecular flexibility index (Phi) is 4.76. The van der Waals surface area contributed by atoms with Crippen LogP contribution in [0.4, 0.5) is 5.13 Å². The zero-order chi connectivity index (χ0) is 15.6. The predicted octanol–water partition coefficient (Wildman–Crippen LogP) is 4.55. The fourth-order valence-corrected chi connectivity index (χ4v) is 2.65. The van der Waals surface area contributed by atoms with E-state index in [0.717, 1.165) is 4.88 Å². The van der Waals surface area contributed by atoms with E-state index in [-0.39, 0.29) is 5.91 Å². The second kappa shape index (κ2) is 6.22. The zero-order valence-corrected chi connectivity index (χ0v) is 14.1. The average Bonchev–Trinajstić information content (AvgIpc) is 2.78. The third-order valence-electron chi connectivity index (χ3n) is 2.65. The highest BCUT2D eigenvalue weighted by Crippen LogP contribution is 2.31. The minimum absolute atomic E-state index is 0.303. The van der Waals surface area contributed by atoms with Crippen molar-refractivity contribution in [1.29, 1.82) is 0 Å². The van der Waals surface area contributed by atoms with Crippen molar-refractivity contribution < 1.29 is 9.53 Å². The molecule has 1 amide bonds. The monoisotopic (exact) mass is 344 g/mol. The van der Waals surface area contributed by atoms with Gasteiger partial charge in [0.1, 0.15) is 5.75 Å². The number of anilines is 1. The Bertz CT molecular complexity index is 671. The average molecular weight is 345 g/mol. The van der Waals surface area contributed by atoms with Crippen LogP contribution >= 0.6 is 34.5 Å². The van der Waals surface area contributed by atoms with Gasteiger partial charge in [0.05, 0.1) is 5.02 Å². The molecule has 1 aromatic heterocycles. The quantitative estimate of drug-likeness (QED) is 0.884. The number of amides is 1. The molecule has 4 nitrogen and oxygen atoms in total. The Balaban J connectivity index is 2.11. The van der Waals surface area contributed by atoms with Gasteiger partial charge in [-0.3, -0.25) is 10.1 Å². The lowest BCUT2D eigenvalue weighted by Gasteiger charge is -2.25. The molecule has 0 saturated heterocycles. The highest BCUT2D eigenvalue weighted by atomic mass is 35.5. The van der Waals surface area contributed by atoms with Crippen LogP contribution in [0.2, 0.25) is 10.0 Å². The fraction of sp³-hybridized carbons (Fsp3) is 0.286. The molecule has 0 fully saturated rings. The van der Waals surface area contributed by atoms with Gasteiger partial charge in [0.2, 0.25) is 0 Å². The van der Waals surface area contributed by atoms with Crippen LogP contribution < -0.4 is 10.1 Å². The van der Waals surface area contributed by atoms with Gasteiger partial charge in [-0.15, -0.1) is 11.3 Å². The van der Waals surface area contributed by atoms with Gasteiger partial charge in [0, 0.05) is 16.1 Å². The van der Waals surface area contributed by atoms with E-state index in [4.69, 9.17) is 27.9 Å². The minimum atomic E-state index is -1.10. The van der Waals surface area contributed by atoms with Gasteiger partial charge >= 0.3 is 0 Å². The first-order valence-electron chi connectivity index (χ1n) is 6.16. The molecule has 0 saturated carbocycles. The smallest absolute Gasteiger partial charge is 0.269 e. The molecule has 0 spiro atoms. The maximum atomic E-state index is 12.3. The maximum Gasteiger partial charge on any atom is 0.269 e. The van der Waals surface area contributed by atoms with Gasteiger partial charge < -0.3 is 4.74 Å². The number of aromatic nitrogens is 1. The topological polar surface area (TPSA) is 51.2 Å². The van der Waals surface area contributed by atoms with Crippen LogP contribution in [0.1, 0.15) is 18.7 Å². The molecular weight excluding hydrogens is 331 g/mol. The van der Waals surface area contributed by atoms with Gasteiger partial charge in [-0.25, -0.2) is 4.98 Å². The number of aryl methyl sites for hydroxylation is 1. The molecule has 0 aliphatic heterocycles. The van der Waals surface area contributed by atoms with Crippen LogP contribution in [0.15, 0.2) is 24.4 Å². The number of benzene rings is 1. The summed E-state index contributed by atoms with van der Waals surface area (Å²) in [6, 6.07) is 4.85. The van der Waals surface area contributed by atoms with Crippen LogP contribution in [-0.2, 0) is 4.79 Å². The molecule has 0 bridgehead atoms. The van der Waals surface area contributed by atoms with E-state index in [0.29, 0.717) is 20.9 Å². The van der Waals surface area contributed by atoms with Crippen molar-refractivity contribution in [1.82, 2.24) is 4.98 Å². The van der Waals surface area contributed by atoms with E-state index in [1.807, 2.05) is 6.92 Å². The Morgan fingerprint density at radius 2 is 2.10 bits per heavy atom. The van der Waals surface area contributed by atoms with E-state index >= 15 is 0 Å². The molecule has 1 heterocycles. The zero-order valence-electron chi connectivity index (χ0n) is 11.7. The number of nitrogens with zero attached hydrogens (tertiary/aromatic N) is 1. The first-order chi connectivity index (χ1) is 9.78. The van der Waals surface area contributed by atoms with Crippen LogP contribution in [0, 0.1) is 6.92 Å². The first-order valence-corrected chi connectivity index (χ1v) is 7.73. The number of ether oxygens (including phenoxy) is 1. The van der Waals surface area contributed by atoms with Crippen LogP contribution in [-0.4, -0.2) is 16.5 Å². The van der Waals surface area contributed by atoms with Crippen LogP contribution in [0.25, 0.3) is 0 Å². The fourth-order valence-electron chi connectivity index (χ4n) is 1.54. The van der Waals surface area contributed by atoms with E-state index in [1.54, 1.807) is 38.2 Å². The Hall–Kier alpha value is -1.30. The van der Waals surface area contributed by atoms with E-state index in [2.05, 4.69) is 10.3 Å². The first kappa shape index (κ1) is 16.1. The number of thiazole rings is 1. The molecule has 0 atom stereocenters. The predicted molar refractivity (Wildman–Crippen MR) is 86.6 cm³/mol. The molecule has 0 aliphatic carbocycles. The minimum Gasteiger partial charge on any atom is -0.476 e. The summed E-state index contributed by atoms with van der Waals surface area (Å²) in [7, 11) is 0. The number of carbonyl (C=O) groups excluding carboxylic acids is 1. The van der Waals surface area contributed by atoms with Crippen molar-refractivity contribution in [3.8, 4) is 5.75 Å². The van der Waals surface area contributed by atoms with E-state index in [9.17, 15) is 4.79 Å². The highest BCUT2D eigenvalue weighted by molar-refractivity contribution is 7.15. The molecule has 21 heavy (non-hydrogen) atoms. The summed E-state index contributed by atoms with van der Waals surface area (Å²) in [6.45, 7) is 5.24. The second-order valence-corrected chi connectivity index (χ2v) is 7.00. The number of nitrogens with one attached hydrogen (secondary N) is 1. The summed E-state index contributed by atoms with van der Waals surface area (Å²) in [5.74, 6) is 0.0967. The molecule has 1 N–H and O–H groups in total. The van der Waals surface area contributed by atoms with Gasteiger partial charge in [-0.05, 0) is 39.0 Å². The third-order valence-corrected chi connectivity index (χ3v) is 4.01. The summed E-state index contributed by atoms with van der Waals surface area (Å²) < 4.78 is 5.70. The molecule has 7 heteroatoms. The van der Waals surface area contributed by atoms with Crippen LogP contribution in [0.5, 0.6) is 5.75 Å². The largest absolute Gasteiger partial charge is 0.476 e. The summed E-state index contributed by atoms with van der Waals surface area (Å²) in [6.07, 6.45) is 1.70. The molecule has 0 unspecified atom stereocenters. The lowest BCUT2D eigenvalue weighted by molar-refractivity contribution is -0.128. The Labute approximate surface area is 137 Å². The van der Waals surface area contributed by atoms with E-state index in [1.165, 1.54) is 11.3 Å². The van der Waals surface area contributed by atoms with Crippen molar-refractivity contribution in [2.75, 3.05) is 5.32 Å². The number of hydrogen-bond acceptors (Lipinski definition) is 4. The van der Waals surface area contributed by atoms with Crippen molar-refractivity contribution in [2.24, 2.45) is 0 Å². The van der Waals surface area contributed by atoms with Gasteiger partial charge in [0.15, 0.2) is 10.7 Å². The molecule has 2 aromatic rings. The van der Waals surface area contributed by atoms with Crippen molar-refractivity contribution in [2.45, 2.75) is 26.4 Å². The summed E-state index contributed by atoms with van der Waals surface area (Å²) in [4.78, 5) is 17.4. The number of hydrogen-bond donors (Lipinski definition) is 1. The summed E-state index contributed by atoms with van der Waals surface area (Å²) in [5.41, 5.74) is -1.10. The SMILES string of the molecule is Cc1cnc(NC(=O)C(C)(C)Oc2ccc(Cl)cc2Cl)s1. The second-order valence-electron chi connectivity index (χ2n) is 4.92. The van der Waals surface area contributed by atoms with Crippen molar-refractivity contribution in [3.05, 3.63) is 39.3 Å². The lowest BCUT2D eigenvalue weighted by Crippen LogP contribution is -2.42. The molecule has 0 aliphatic rings. The van der Waals surface area contributed by atoms with Gasteiger partial charge in [-0.1, -0.05) is 23.2 Å². The standard InChI is InChI=1S/C14H14Cl2N2O2S/c1-8-7-17-13(21-8)18-12(19)14(2,3)20-11-5-4-9(15)6-10(11)16/h4-7H,1-3H3,(H,17,18,19). The Morgan fingerprint density at radius 1 is 1.38 bits per heavy atom. The molecule has 2 rings (SSSR count). The molecule has 1 aromatic carbocycles. The normalized spacial score (nSPS) is 11.3. The molecule has 0 radical (unpaired) electrons. The third kappa shape index (κ3) is 4.09. The van der Waals surface area contributed by atoms with Crippen LogP contribution in [0.3, 0.4) is 0 Å². The molecular formula is C14H14Cl2N2O2S. The van der Waals surface area contributed by atoms with Crippen molar-refractivity contribution in [3.63, 3.8) is 0 Å².